The first-order valence-corrected chi connectivity index (χ1v) is 6.46. The summed E-state index contributed by atoms with van der Waals surface area (Å²) in [5, 5.41) is 2.69. The van der Waals surface area contributed by atoms with Crippen molar-refractivity contribution in [1.82, 2.24) is 0 Å². The Morgan fingerprint density at radius 2 is 1.76 bits per heavy atom. The Kier molecular flexibility index (Phi) is 4.44. The number of carbonyl (C=O) groups is 1. The van der Waals surface area contributed by atoms with Crippen molar-refractivity contribution in [2.75, 3.05) is 5.32 Å². The van der Waals surface area contributed by atoms with Crippen molar-refractivity contribution in [3.8, 4) is 0 Å². The number of hydrogen-bond donors (Lipinski definition) is 1. The average Bonchev–Trinajstić information content (AvgIpc) is 2.40. The minimum atomic E-state index is -4.51. The standard InChI is InChI=1S/C14H8Cl2F3NO/c15-10-3-1-2-8(6-10)13(21)20-12-7-9(14(17,18)19)4-5-11(12)16/h1-7H,(H,20,21). The maximum Gasteiger partial charge on any atom is 0.416 e. The summed E-state index contributed by atoms with van der Waals surface area (Å²) in [6.45, 7) is 0. The zero-order valence-corrected chi connectivity index (χ0v) is 11.9. The van der Waals surface area contributed by atoms with E-state index < -0.39 is 17.6 Å². The van der Waals surface area contributed by atoms with Crippen LogP contribution in [0.1, 0.15) is 15.9 Å². The van der Waals surface area contributed by atoms with Gasteiger partial charge in [-0.1, -0.05) is 29.3 Å². The molecule has 0 saturated carbocycles. The predicted octanol–water partition coefficient (Wildman–Crippen LogP) is 5.26. The Bertz CT molecular complexity index is 686. The second kappa shape index (κ2) is 5.95. The summed E-state index contributed by atoms with van der Waals surface area (Å²) in [5.74, 6) is -0.598. The summed E-state index contributed by atoms with van der Waals surface area (Å²) >= 11 is 11.6. The summed E-state index contributed by atoms with van der Waals surface area (Å²) in [7, 11) is 0. The predicted molar refractivity (Wildman–Crippen MR) is 75.9 cm³/mol. The van der Waals surface area contributed by atoms with E-state index in [1.165, 1.54) is 12.1 Å². The lowest BCUT2D eigenvalue weighted by Gasteiger charge is -2.11. The summed E-state index contributed by atoms with van der Waals surface area (Å²) in [4.78, 5) is 12.0. The highest BCUT2D eigenvalue weighted by atomic mass is 35.5. The molecule has 7 heteroatoms. The number of amides is 1. The molecule has 1 N–H and O–H groups in total. The van der Waals surface area contributed by atoms with Crippen LogP contribution in [0.2, 0.25) is 10.0 Å². The van der Waals surface area contributed by atoms with Gasteiger partial charge in [0.15, 0.2) is 0 Å². The fourth-order valence-electron chi connectivity index (χ4n) is 1.62. The van der Waals surface area contributed by atoms with E-state index in [1.54, 1.807) is 12.1 Å². The van der Waals surface area contributed by atoms with Crippen LogP contribution in [0, 0.1) is 0 Å². The smallest absolute Gasteiger partial charge is 0.321 e. The Morgan fingerprint density at radius 1 is 1.05 bits per heavy atom. The van der Waals surface area contributed by atoms with Crippen LogP contribution in [0.5, 0.6) is 0 Å². The minimum Gasteiger partial charge on any atom is -0.321 e. The number of anilines is 1. The zero-order chi connectivity index (χ0) is 15.6. The molecule has 21 heavy (non-hydrogen) atoms. The minimum absolute atomic E-state index is 0.0124. The first-order valence-electron chi connectivity index (χ1n) is 5.71. The molecule has 0 aromatic heterocycles. The maximum absolute atomic E-state index is 12.6. The van der Waals surface area contributed by atoms with Gasteiger partial charge in [-0.25, -0.2) is 0 Å². The molecule has 0 saturated heterocycles. The van der Waals surface area contributed by atoms with Crippen LogP contribution in [0.25, 0.3) is 0 Å². The van der Waals surface area contributed by atoms with E-state index in [1.807, 2.05) is 0 Å². The van der Waals surface area contributed by atoms with E-state index in [9.17, 15) is 18.0 Å². The van der Waals surface area contributed by atoms with Crippen LogP contribution >= 0.6 is 23.2 Å². The van der Waals surface area contributed by atoms with Gasteiger partial charge in [0.2, 0.25) is 0 Å². The molecule has 1 amide bonds. The normalized spacial score (nSPS) is 11.3. The second-order valence-electron chi connectivity index (χ2n) is 4.16. The summed E-state index contributed by atoms with van der Waals surface area (Å²) in [6.07, 6.45) is -4.51. The number of carbonyl (C=O) groups excluding carboxylic acids is 1. The van der Waals surface area contributed by atoms with E-state index >= 15 is 0 Å². The molecule has 0 aliphatic rings. The fraction of sp³-hybridized carbons (Fsp3) is 0.0714. The quantitative estimate of drug-likeness (QED) is 0.797. The van der Waals surface area contributed by atoms with Gasteiger partial charge in [0.1, 0.15) is 0 Å². The largest absolute Gasteiger partial charge is 0.416 e. The Hall–Kier alpha value is -1.72. The first-order chi connectivity index (χ1) is 9.77. The Morgan fingerprint density at radius 3 is 2.38 bits per heavy atom. The van der Waals surface area contributed by atoms with Crippen LogP contribution in [0.15, 0.2) is 42.5 Å². The van der Waals surface area contributed by atoms with Crippen molar-refractivity contribution < 1.29 is 18.0 Å². The summed E-state index contributed by atoms with van der Waals surface area (Å²) < 4.78 is 37.9. The number of halogens is 5. The third kappa shape index (κ3) is 3.89. The van der Waals surface area contributed by atoms with Gasteiger partial charge in [-0.05, 0) is 36.4 Å². The highest BCUT2D eigenvalue weighted by molar-refractivity contribution is 6.34. The monoisotopic (exact) mass is 333 g/mol. The molecule has 0 heterocycles. The third-order valence-electron chi connectivity index (χ3n) is 2.63. The maximum atomic E-state index is 12.6. The van der Waals surface area contributed by atoms with Crippen LogP contribution in [0.3, 0.4) is 0 Å². The van der Waals surface area contributed by atoms with Crippen molar-refractivity contribution >= 4 is 34.8 Å². The average molecular weight is 334 g/mol. The van der Waals surface area contributed by atoms with Crippen LogP contribution < -0.4 is 5.32 Å². The molecule has 2 nitrogen and oxygen atoms in total. The lowest BCUT2D eigenvalue weighted by molar-refractivity contribution is -0.137. The first kappa shape index (κ1) is 15.7. The van der Waals surface area contributed by atoms with E-state index in [4.69, 9.17) is 23.2 Å². The van der Waals surface area contributed by atoms with Crippen molar-refractivity contribution in [1.29, 1.82) is 0 Å². The van der Waals surface area contributed by atoms with Crippen molar-refractivity contribution in [3.63, 3.8) is 0 Å². The van der Waals surface area contributed by atoms with Crippen LogP contribution in [0.4, 0.5) is 18.9 Å². The number of rotatable bonds is 2. The molecule has 0 aliphatic heterocycles. The third-order valence-corrected chi connectivity index (χ3v) is 3.19. The Balaban J connectivity index is 2.29. The molecule has 110 valence electrons. The van der Waals surface area contributed by atoms with Crippen molar-refractivity contribution in [2.24, 2.45) is 0 Å². The van der Waals surface area contributed by atoms with Gasteiger partial charge in [0.05, 0.1) is 16.3 Å². The molecule has 0 atom stereocenters. The number of benzene rings is 2. The molecule has 0 spiro atoms. The van der Waals surface area contributed by atoms with E-state index in [0.29, 0.717) is 5.02 Å². The van der Waals surface area contributed by atoms with Crippen LogP contribution in [-0.4, -0.2) is 5.91 Å². The molecule has 0 bridgehead atoms. The van der Waals surface area contributed by atoms with Crippen LogP contribution in [-0.2, 0) is 6.18 Å². The van der Waals surface area contributed by atoms with E-state index in [0.717, 1.165) is 18.2 Å². The Labute approximate surface area is 128 Å². The summed E-state index contributed by atoms with van der Waals surface area (Å²) in [5.41, 5.74) is -0.791. The van der Waals surface area contributed by atoms with Gasteiger partial charge in [0, 0.05) is 10.6 Å². The molecule has 0 unspecified atom stereocenters. The second-order valence-corrected chi connectivity index (χ2v) is 5.00. The van der Waals surface area contributed by atoms with Crippen molar-refractivity contribution in [2.45, 2.75) is 6.18 Å². The molecular weight excluding hydrogens is 326 g/mol. The number of nitrogens with one attached hydrogen (secondary N) is 1. The number of alkyl halides is 3. The summed E-state index contributed by atoms with van der Waals surface area (Å²) in [6, 6.07) is 8.74. The molecule has 2 rings (SSSR count). The van der Waals surface area contributed by atoms with Gasteiger partial charge in [-0.15, -0.1) is 0 Å². The van der Waals surface area contributed by atoms with E-state index in [2.05, 4.69) is 5.32 Å². The topological polar surface area (TPSA) is 29.1 Å². The molecule has 0 radical (unpaired) electrons. The number of hydrogen-bond acceptors (Lipinski definition) is 1. The molecule has 0 fully saturated rings. The fourth-order valence-corrected chi connectivity index (χ4v) is 1.98. The molecule has 2 aromatic carbocycles. The van der Waals surface area contributed by atoms with Gasteiger partial charge < -0.3 is 5.32 Å². The lowest BCUT2D eigenvalue weighted by atomic mass is 10.1. The van der Waals surface area contributed by atoms with E-state index in [-0.39, 0.29) is 16.3 Å². The van der Waals surface area contributed by atoms with Gasteiger partial charge >= 0.3 is 6.18 Å². The van der Waals surface area contributed by atoms with Gasteiger partial charge in [0.25, 0.3) is 5.91 Å². The SMILES string of the molecule is O=C(Nc1cc(C(F)(F)F)ccc1Cl)c1cccc(Cl)c1. The highest BCUT2D eigenvalue weighted by Crippen LogP contribution is 2.34. The molecule has 0 aliphatic carbocycles. The highest BCUT2D eigenvalue weighted by Gasteiger charge is 2.31. The zero-order valence-electron chi connectivity index (χ0n) is 10.3. The molecule has 2 aromatic rings. The van der Waals surface area contributed by atoms with Crippen molar-refractivity contribution in [3.05, 3.63) is 63.6 Å². The van der Waals surface area contributed by atoms with Gasteiger partial charge in [-0.3, -0.25) is 4.79 Å². The van der Waals surface area contributed by atoms with Gasteiger partial charge in [-0.2, -0.15) is 13.2 Å². The lowest BCUT2D eigenvalue weighted by Crippen LogP contribution is -2.13. The molecular formula is C14H8Cl2F3NO.